The molecular formula is C15H17F2NO5S. The highest BCUT2D eigenvalue weighted by Crippen LogP contribution is 2.29. The number of carboxylic acids is 1. The molecule has 24 heavy (non-hydrogen) atoms. The lowest BCUT2D eigenvalue weighted by molar-refractivity contribution is -0.149. The van der Waals surface area contributed by atoms with E-state index >= 15 is 0 Å². The van der Waals surface area contributed by atoms with Gasteiger partial charge in [0.15, 0.2) is 0 Å². The zero-order chi connectivity index (χ0) is 18.1. The Kier molecular flexibility index (Phi) is 5.22. The summed E-state index contributed by atoms with van der Waals surface area (Å²) in [6.45, 7) is 1.43. The predicted octanol–water partition coefficient (Wildman–Crippen LogP) is 1.69. The third-order valence-electron chi connectivity index (χ3n) is 3.84. The molecule has 9 heteroatoms. The second-order valence-corrected chi connectivity index (χ2v) is 7.59. The van der Waals surface area contributed by atoms with E-state index in [0.29, 0.717) is 5.56 Å². The standard InChI is InChI=1S/C15H17F2NO5S/c1-9(14(20)21)18(11-4-5-11)13(19)8-10-2-6-12(7-3-10)24(22,23)15(16)17/h2-3,6-7,9,11,15H,4-5,8H2,1H3,(H,20,21). The Morgan fingerprint density at radius 3 is 2.21 bits per heavy atom. The van der Waals surface area contributed by atoms with Gasteiger partial charge in [-0.15, -0.1) is 0 Å². The van der Waals surface area contributed by atoms with Crippen LogP contribution in [0.25, 0.3) is 0 Å². The van der Waals surface area contributed by atoms with E-state index in [1.807, 2.05) is 0 Å². The molecule has 0 bridgehead atoms. The summed E-state index contributed by atoms with van der Waals surface area (Å²) in [7, 11) is -4.67. The van der Waals surface area contributed by atoms with Crippen molar-refractivity contribution < 1.29 is 31.9 Å². The molecule has 0 radical (unpaired) electrons. The number of hydrogen-bond acceptors (Lipinski definition) is 4. The Morgan fingerprint density at radius 1 is 1.25 bits per heavy atom. The Morgan fingerprint density at radius 2 is 1.79 bits per heavy atom. The molecule has 1 fully saturated rings. The summed E-state index contributed by atoms with van der Waals surface area (Å²) in [5.74, 6) is -5.00. The van der Waals surface area contributed by atoms with Gasteiger partial charge in [-0.1, -0.05) is 12.1 Å². The maximum Gasteiger partial charge on any atom is 0.341 e. The van der Waals surface area contributed by atoms with Crippen molar-refractivity contribution in [1.82, 2.24) is 4.90 Å². The minimum absolute atomic E-state index is 0.0953. The van der Waals surface area contributed by atoms with E-state index in [2.05, 4.69) is 0 Å². The first-order valence-corrected chi connectivity index (χ1v) is 8.84. The van der Waals surface area contributed by atoms with Gasteiger partial charge in [0.25, 0.3) is 0 Å². The molecule has 1 N–H and O–H groups in total. The van der Waals surface area contributed by atoms with Crippen molar-refractivity contribution in [3.8, 4) is 0 Å². The minimum atomic E-state index is -4.67. The average molecular weight is 361 g/mol. The zero-order valence-electron chi connectivity index (χ0n) is 12.9. The van der Waals surface area contributed by atoms with E-state index in [1.54, 1.807) is 0 Å². The van der Waals surface area contributed by atoms with E-state index in [-0.39, 0.29) is 12.5 Å². The number of amides is 1. The molecule has 1 atom stereocenters. The number of nitrogens with zero attached hydrogens (tertiary/aromatic N) is 1. The number of aliphatic carboxylic acids is 1. The lowest BCUT2D eigenvalue weighted by Crippen LogP contribution is -2.45. The smallest absolute Gasteiger partial charge is 0.341 e. The number of benzene rings is 1. The van der Waals surface area contributed by atoms with E-state index in [1.165, 1.54) is 24.0 Å². The van der Waals surface area contributed by atoms with Crippen LogP contribution in [0.3, 0.4) is 0 Å². The SMILES string of the molecule is CC(C(=O)O)N(C(=O)Cc1ccc(S(=O)(=O)C(F)F)cc1)C1CC1. The number of sulfone groups is 1. The molecule has 0 spiro atoms. The van der Waals surface area contributed by atoms with Gasteiger partial charge in [-0.25, -0.2) is 13.2 Å². The molecule has 1 aromatic rings. The van der Waals surface area contributed by atoms with Crippen LogP contribution in [0, 0.1) is 0 Å². The third kappa shape index (κ3) is 3.89. The van der Waals surface area contributed by atoms with Gasteiger partial charge in [0.1, 0.15) is 6.04 Å². The molecule has 1 aliphatic rings. The van der Waals surface area contributed by atoms with E-state index in [9.17, 15) is 26.8 Å². The Bertz CT molecular complexity index is 729. The van der Waals surface area contributed by atoms with Crippen molar-refractivity contribution in [2.24, 2.45) is 0 Å². The number of hydrogen-bond donors (Lipinski definition) is 1. The second kappa shape index (κ2) is 6.84. The number of carboxylic acid groups (broad SMARTS) is 1. The monoisotopic (exact) mass is 361 g/mol. The van der Waals surface area contributed by atoms with Crippen LogP contribution in [0.1, 0.15) is 25.3 Å². The lowest BCUT2D eigenvalue weighted by Gasteiger charge is -2.26. The van der Waals surface area contributed by atoms with Crippen LogP contribution >= 0.6 is 0 Å². The molecule has 0 saturated heterocycles. The number of carbonyl (C=O) groups excluding carboxylic acids is 1. The molecule has 2 rings (SSSR count). The summed E-state index contributed by atoms with van der Waals surface area (Å²) in [6, 6.07) is 3.55. The van der Waals surface area contributed by atoms with Crippen LogP contribution in [0.5, 0.6) is 0 Å². The second-order valence-electron chi connectivity index (χ2n) is 5.67. The molecule has 1 saturated carbocycles. The summed E-state index contributed by atoms with van der Waals surface area (Å²) >= 11 is 0. The van der Waals surface area contributed by atoms with Gasteiger partial charge in [0.2, 0.25) is 15.7 Å². The van der Waals surface area contributed by atoms with Gasteiger partial charge >= 0.3 is 11.7 Å². The summed E-state index contributed by atoms with van der Waals surface area (Å²) in [6.07, 6.45) is 1.37. The molecule has 0 aliphatic heterocycles. The third-order valence-corrected chi connectivity index (χ3v) is 5.24. The molecule has 132 valence electrons. The normalized spacial score (nSPS) is 16.0. The van der Waals surface area contributed by atoms with Gasteiger partial charge in [0, 0.05) is 6.04 Å². The number of carbonyl (C=O) groups is 2. The van der Waals surface area contributed by atoms with E-state index in [4.69, 9.17) is 5.11 Å². The summed E-state index contributed by atoms with van der Waals surface area (Å²) in [5.41, 5.74) is 0.427. The summed E-state index contributed by atoms with van der Waals surface area (Å²) < 4.78 is 47.6. The largest absolute Gasteiger partial charge is 0.480 e. The molecule has 1 amide bonds. The van der Waals surface area contributed by atoms with Crippen LogP contribution < -0.4 is 0 Å². The quantitative estimate of drug-likeness (QED) is 0.798. The Labute approximate surface area is 138 Å². The van der Waals surface area contributed by atoms with Gasteiger partial charge in [-0.2, -0.15) is 8.78 Å². The van der Waals surface area contributed by atoms with Gasteiger partial charge in [0.05, 0.1) is 11.3 Å². The molecule has 6 nitrogen and oxygen atoms in total. The maximum absolute atomic E-state index is 12.5. The topological polar surface area (TPSA) is 91.8 Å². The lowest BCUT2D eigenvalue weighted by atomic mass is 10.1. The summed E-state index contributed by atoms with van der Waals surface area (Å²) in [5, 5.41) is 9.09. The number of rotatable bonds is 7. The first kappa shape index (κ1) is 18.3. The molecule has 1 aromatic carbocycles. The van der Waals surface area contributed by atoms with E-state index in [0.717, 1.165) is 25.0 Å². The van der Waals surface area contributed by atoms with Gasteiger partial charge < -0.3 is 10.0 Å². The highest BCUT2D eigenvalue weighted by atomic mass is 32.2. The van der Waals surface area contributed by atoms with Crippen molar-refractivity contribution >= 4 is 21.7 Å². The molecule has 0 aromatic heterocycles. The van der Waals surface area contributed by atoms with Crippen LogP contribution in [-0.2, 0) is 25.8 Å². The van der Waals surface area contributed by atoms with Crippen molar-refractivity contribution in [1.29, 1.82) is 0 Å². The Balaban J connectivity index is 2.13. The van der Waals surface area contributed by atoms with Gasteiger partial charge in [-0.3, -0.25) is 4.79 Å². The molecule has 0 heterocycles. The van der Waals surface area contributed by atoms with Crippen molar-refractivity contribution in [2.45, 2.75) is 48.9 Å². The van der Waals surface area contributed by atoms with E-state index < -0.39 is 38.4 Å². The van der Waals surface area contributed by atoms with Crippen LogP contribution in [0.15, 0.2) is 29.2 Å². The fourth-order valence-electron chi connectivity index (χ4n) is 2.37. The van der Waals surface area contributed by atoms with Crippen LogP contribution in [0.2, 0.25) is 0 Å². The fourth-order valence-corrected chi connectivity index (χ4v) is 3.09. The van der Waals surface area contributed by atoms with Gasteiger partial charge in [-0.05, 0) is 37.5 Å². The minimum Gasteiger partial charge on any atom is -0.480 e. The molecular weight excluding hydrogens is 344 g/mol. The number of alkyl halides is 2. The van der Waals surface area contributed by atoms with Crippen molar-refractivity contribution in [3.63, 3.8) is 0 Å². The van der Waals surface area contributed by atoms with Crippen LogP contribution in [0.4, 0.5) is 8.78 Å². The highest BCUT2D eigenvalue weighted by molar-refractivity contribution is 7.91. The fraction of sp³-hybridized carbons (Fsp3) is 0.467. The zero-order valence-corrected chi connectivity index (χ0v) is 13.7. The highest BCUT2D eigenvalue weighted by Gasteiger charge is 2.38. The Hall–Kier alpha value is -2.03. The maximum atomic E-state index is 12.5. The predicted molar refractivity (Wildman–Crippen MR) is 80.3 cm³/mol. The first-order valence-electron chi connectivity index (χ1n) is 7.29. The average Bonchev–Trinajstić information content (AvgIpc) is 3.32. The van der Waals surface area contributed by atoms with Crippen LogP contribution in [-0.4, -0.2) is 48.1 Å². The van der Waals surface area contributed by atoms with Crippen molar-refractivity contribution in [2.75, 3.05) is 0 Å². The summed E-state index contributed by atoms with van der Waals surface area (Å²) in [4.78, 5) is 24.3. The first-order chi connectivity index (χ1) is 11.1. The number of halogens is 2. The molecule has 1 aliphatic carbocycles. The van der Waals surface area contributed by atoms with Crippen molar-refractivity contribution in [3.05, 3.63) is 29.8 Å². The molecule has 1 unspecified atom stereocenters.